The van der Waals surface area contributed by atoms with Crippen LogP contribution in [0.25, 0.3) is 0 Å². The van der Waals surface area contributed by atoms with Gasteiger partial charge < -0.3 is 15.6 Å². The highest BCUT2D eigenvalue weighted by Gasteiger charge is 2.47. The summed E-state index contributed by atoms with van der Waals surface area (Å²) in [6.07, 6.45) is 8.55. The third kappa shape index (κ3) is 2.17. The van der Waals surface area contributed by atoms with Crippen molar-refractivity contribution in [3.63, 3.8) is 0 Å². The minimum atomic E-state index is -0.906. The van der Waals surface area contributed by atoms with Crippen LogP contribution in [0.2, 0.25) is 0 Å². The number of hydrogen-bond donors (Lipinski definition) is 1. The first-order valence-electron chi connectivity index (χ1n) is 6.15. The molecule has 0 aromatic rings. The fourth-order valence-corrected chi connectivity index (χ4v) is 3.59. The van der Waals surface area contributed by atoms with Crippen molar-refractivity contribution in [2.75, 3.05) is 0 Å². The normalized spacial score (nSPS) is 39.3. The second kappa shape index (κ2) is 4.12. The van der Waals surface area contributed by atoms with Gasteiger partial charge in [-0.05, 0) is 50.9 Å². The molecule has 3 nitrogen and oxygen atoms in total. The van der Waals surface area contributed by atoms with E-state index in [4.69, 9.17) is 0 Å². The molecule has 1 atom stereocenters. The highest BCUT2D eigenvalue weighted by atomic mass is 16.4. The van der Waals surface area contributed by atoms with Gasteiger partial charge in [-0.2, -0.15) is 0 Å². The molecule has 0 heterocycles. The molecule has 3 aliphatic rings. The van der Waals surface area contributed by atoms with E-state index >= 15 is 0 Å². The molecule has 0 spiro atoms. The maximum absolute atomic E-state index is 10.4. The van der Waals surface area contributed by atoms with Gasteiger partial charge in [0.05, 0.1) is 6.04 Å². The Kier molecular flexibility index (Phi) is 3.01. The van der Waals surface area contributed by atoms with Crippen LogP contribution in [0.5, 0.6) is 0 Å². The maximum Gasteiger partial charge on any atom is 0.0903 e. The minimum Gasteiger partial charge on any atom is -0.550 e. The van der Waals surface area contributed by atoms with E-state index in [1.54, 1.807) is 0 Å². The Labute approximate surface area is 91.0 Å². The topological polar surface area (TPSA) is 67.8 Å². The Morgan fingerprint density at radius 3 is 2.60 bits per heavy atom. The molecule has 3 rings (SSSR count). The Morgan fingerprint density at radius 2 is 2.07 bits per heavy atom. The molecule has 0 aromatic carbocycles. The molecule has 0 aromatic heterocycles. The Morgan fingerprint density at radius 1 is 1.40 bits per heavy atom. The molecule has 0 amide bonds. The lowest BCUT2D eigenvalue weighted by Gasteiger charge is -2.49. The standard InChI is InChI=1S/C12H21NO2/c13-10-8-9-3-6-12(10,7-4-9)5-1-2-11(14)15/h9-10H,1-8,13H2,(H,14,15). The highest BCUT2D eigenvalue weighted by molar-refractivity contribution is 5.64. The summed E-state index contributed by atoms with van der Waals surface area (Å²) in [5.74, 6) is 0.00650. The van der Waals surface area contributed by atoms with Crippen LogP contribution in [-0.2, 0) is 4.79 Å². The third-order valence-corrected chi connectivity index (χ3v) is 4.64. The minimum absolute atomic E-state index is 0.220. The van der Waals surface area contributed by atoms with Crippen LogP contribution in [0.15, 0.2) is 0 Å². The summed E-state index contributed by atoms with van der Waals surface area (Å²) in [4.78, 5) is 10.4. The zero-order chi connectivity index (χ0) is 10.9. The van der Waals surface area contributed by atoms with Crippen molar-refractivity contribution in [1.29, 1.82) is 0 Å². The van der Waals surface area contributed by atoms with Crippen molar-refractivity contribution in [1.82, 2.24) is 0 Å². The number of quaternary nitrogens is 1. The van der Waals surface area contributed by atoms with E-state index in [0.29, 0.717) is 11.5 Å². The van der Waals surface area contributed by atoms with Crippen LogP contribution >= 0.6 is 0 Å². The van der Waals surface area contributed by atoms with E-state index in [1.807, 2.05) is 0 Å². The predicted octanol–water partition coefficient (Wildman–Crippen LogP) is 0.0974. The summed E-state index contributed by atoms with van der Waals surface area (Å²) in [7, 11) is 0. The van der Waals surface area contributed by atoms with E-state index in [1.165, 1.54) is 32.1 Å². The lowest BCUT2D eigenvalue weighted by molar-refractivity contribution is -0.464. The molecular weight excluding hydrogens is 190 g/mol. The average Bonchev–Trinajstić information content (AvgIpc) is 2.19. The Bertz CT molecular complexity index is 244. The summed E-state index contributed by atoms with van der Waals surface area (Å²) in [5.41, 5.74) is 4.67. The number of carbonyl (C=O) groups excluding carboxylic acids is 1. The van der Waals surface area contributed by atoms with E-state index < -0.39 is 5.97 Å². The summed E-state index contributed by atoms with van der Waals surface area (Å²) < 4.78 is 0. The van der Waals surface area contributed by atoms with Gasteiger partial charge in [-0.25, -0.2) is 0 Å². The van der Waals surface area contributed by atoms with Gasteiger partial charge in [0.25, 0.3) is 0 Å². The molecule has 3 saturated carbocycles. The number of carboxylic acid groups (broad SMARTS) is 1. The summed E-state index contributed by atoms with van der Waals surface area (Å²) in [6, 6.07) is 0.562. The molecule has 15 heavy (non-hydrogen) atoms. The number of rotatable bonds is 4. The fraction of sp³-hybridized carbons (Fsp3) is 0.917. The molecule has 86 valence electrons. The number of carboxylic acids is 1. The van der Waals surface area contributed by atoms with E-state index in [0.717, 1.165) is 18.8 Å². The maximum atomic E-state index is 10.4. The van der Waals surface area contributed by atoms with Crippen molar-refractivity contribution < 1.29 is 15.6 Å². The van der Waals surface area contributed by atoms with Gasteiger partial charge in [0, 0.05) is 17.8 Å². The van der Waals surface area contributed by atoms with Crippen LogP contribution in [0.1, 0.15) is 51.4 Å². The molecular formula is C12H21NO2. The van der Waals surface area contributed by atoms with Crippen LogP contribution in [-0.4, -0.2) is 12.0 Å². The van der Waals surface area contributed by atoms with Crippen molar-refractivity contribution in [2.24, 2.45) is 11.3 Å². The van der Waals surface area contributed by atoms with Crippen LogP contribution in [0, 0.1) is 11.3 Å². The van der Waals surface area contributed by atoms with Crippen LogP contribution in [0.4, 0.5) is 0 Å². The molecule has 0 saturated heterocycles. The monoisotopic (exact) mass is 211 g/mol. The largest absolute Gasteiger partial charge is 0.550 e. The van der Waals surface area contributed by atoms with Crippen LogP contribution in [0.3, 0.4) is 0 Å². The van der Waals surface area contributed by atoms with Crippen molar-refractivity contribution in [2.45, 2.75) is 57.4 Å². The first-order chi connectivity index (χ1) is 7.12. The van der Waals surface area contributed by atoms with Crippen molar-refractivity contribution in [3.05, 3.63) is 0 Å². The fourth-order valence-electron chi connectivity index (χ4n) is 3.59. The SMILES string of the molecule is [NH3+]C1CC2CCC1(CCCC(=O)[O-])CC2. The van der Waals surface area contributed by atoms with E-state index in [9.17, 15) is 9.90 Å². The quantitative estimate of drug-likeness (QED) is 0.716. The van der Waals surface area contributed by atoms with Gasteiger partial charge in [0.1, 0.15) is 0 Å². The number of hydrogen-bond acceptors (Lipinski definition) is 2. The number of aliphatic carboxylic acids is 1. The highest BCUT2D eigenvalue weighted by Crippen LogP contribution is 2.51. The predicted molar refractivity (Wildman–Crippen MR) is 54.5 cm³/mol. The first-order valence-corrected chi connectivity index (χ1v) is 6.15. The van der Waals surface area contributed by atoms with Crippen molar-refractivity contribution in [3.8, 4) is 0 Å². The Balaban J connectivity index is 1.89. The molecule has 3 aliphatic carbocycles. The van der Waals surface area contributed by atoms with E-state index in [2.05, 4.69) is 5.73 Å². The van der Waals surface area contributed by atoms with Crippen LogP contribution < -0.4 is 10.8 Å². The average molecular weight is 211 g/mol. The molecule has 3 fully saturated rings. The lowest BCUT2D eigenvalue weighted by Crippen LogP contribution is -2.71. The molecule has 2 bridgehead atoms. The van der Waals surface area contributed by atoms with Gasteiger partial charge >= 0.3 is 0 Å². The van der Waals surface area contributed by atoms with Crippen molar-refractivity contribution >= 4 is 5.97 Å². The first kappa shape index (κ1) is 10.9. The summed E-state index contributed by atoms with van der Waals surface area (Å²) in [5, 5.41) is 10.4. The number of carbonyl (C=O) groups is 1. The van der Waals surface area contributed by atoms with Gasteiger partial charge in [-0.3, -0.25) is 0 Å². The van der Waals surface area contributed by atoms with Gasteiger partial charge in [-0.15, -0.1) is 0 Å². The zero-order valence-corrected chi connectivity index (χ0v) is 9.34. The van der Waals surface area contributed by atoms with E-state index in [-0.39, 0.29) is 6.42 Å². The van der Waals surface area contributed by atoms with Gasteiger partial charge in [0.2, 0.25) is 0 Å². The lowest BCUT2D eigenvalue weighted by atomic mass is 9.56. The zero-order valence-electron chi connectivity index (χ0n) is 9.34. The number of fused-ring (bicyclic) bond motifs is 3. The summed E-state index contributed by atoms with van der Waals surface area (Å²) >= 11 is 0. The smallest absolute Gasteiger partial charge is 0.0903 e. The van der Waals surface area contributed by atoms with Gasteiger partial charge in [-0.1, -0.05) is 0 Å². The molecule has 3 heteroatoms. The van der Waals surface area contributed by atoms with Gasteiger partial charge in [0.15, 0.2) is 0 Å². The molecule has 0 aliphatic heterocycles. The third-order valence-electron chi connectivity index (χ3n) is 4.64. The Hall–Kier alpha value is -0.570. The molecule has 0 radical (unpaired) electrons. The molecule has 1 unspecified atom stereocenters. The molecule has 3 N–H and O–H groups in total. The second-order valence-electron chi connectivity index (χ2n) is 5.46. The summed E-state index contributed by atoms with van der Waals surface area (Å²) in [6.45, 7) is 0. The second-order valence-corrected chi connectivity index (χ2v) is 5.46.